The lowest BCUT2D eigenvalue weighted by atomic mass is 10.3. The highest BCUT2D eigenvalue weighted by molar-refractivity contribution is 6.35. The molecule has 0 amide bonds. The van der Waals surface area contributed by atoms with E-state index in [1.54, 1.807) is 25.1 Å². The quantitative estimate of drug-likeness (QED) is 0.885. The van der Waals surface area contributed by atoms with Crippen molar-refractivity contribution in [3.63, 3.8) is 0 Å². The molecule has 19 heavy (non-hydrogen) atoms. The van der Waals surface area contributed by atoms with E-state index >= 15 is 0 Å². The maximum absolute atomic E-state index is 11.6. The van der Waals surface area contributed by atoms with Crippen LogP contribution >= 0.6 is 23.2 Å². The first-order valence-electron chi connectivity index (χ1n) is 5.50. The van der Waals surface area contributed by atoms with Crippen LogP contribution in [-0.2, 0) is 4.74 Å². The van der Waals surface area contributed by atoms with Crippen molar-refractivity contribution in [1.29, 1.82) is 0 Å². The fourth-order valence-corrected chi connectivity index (χ4v) is 2.06. The Morgan fingerprint density at radius 3 is 2.84 bits per heavy atom. The summed E-state index contributed by atoms with van der Waals surface area (Å²) < 4.78 is 6.25. The lowest BCUT2D eigenvalue weighted by Crippen LogP contribution is -2.09. The number of nitrogens with zero attached hydrogens (tertiary/aromatic N) is 2. The Bertz CT molecular complexity index is 625. The number of anilines is 1. The molecule has 0 fully saturated rings. The number of hydrogen-bond acceptors (Lipinski definition) is 4. The Labute approximate surface area is 119 Å². The zero-order chi connectivity index (χ0) is 14.0. The minimum Gasteiger partial charge on any atom is -0.462 e. The van der Waals surface area contributed by atoms with Crippen LogP contribution in [0.1, 0.15) is 17.3 Å². The van der Waals surface area contributed by atoms with E-state index in [1.807, 2.05) is 0 Å². The van der Waals surface area contributed by atoms with Gasteiger partial charge in [-0.1, -0.05) is 23.2 Å². The number of ether oxygens (including phenoxy) is 1. The lowest BCUT2D eigenvalue weighted by molar-refractivity contribution is 0.0527. The van der Waals surface area contributed by atoms with Crippen molar-refractivity contribution in [2.24, 2.45) is 0 Å². The highest BCUT2D eigenvalue weighted by Gasteiger charge is 2.18. The monoisotopic (exact) mass is 299 g/mol. The van der Waals surface area contributed by atoms with E-state index in [9.17, 15) is 4.79 Å². The van der Waals surface area contributed by atoms with Crippen LogP contribution in [-0.4, -0.2) is 22.4 Å². The van der Waals surface area contributed by atoms with E-state index in [0.29, 0.717) is 15.7 Å². The topological polar surface area (TPSA) is 70.1 Å². The van der Waals surface area contributed by atoms with Gasteiger partial charge in [-0.15, -0.1) is 0 Å². The lowest BCUT2D eigenvalue weighted by Gasteiger charge is -2.07. The van der Waals surface area contributed by atoms with Gasteiger partial charge in [-0.2, -0.15) is 5.10 Å². The second-order valence-corrected chi connectivity index (χ2v) is 4.52. The number of carbonyl (C=O) groups excluding carboxylic acids is 1. The van der Waals surface area contributed by atoms with Gasteiger partial charge >= 0.3 is 5.97 Å². The molecule has 0 aliphatic carbocycles. The largest absolute Gasteiger partial charge is 0.462 e. The molecule has 0 spiro atoms. The van der Waals surface area contributed by atoms with Crippen LogP contribution in [0.15, 0.2) is 24.4 Å². The first kappa shape index (κ1) is 13.7. The van der Waals surface area contributed by atoms with Gasteiger partial charge in [-0.3, -0.25) is 0 Å². The third kappa shape index (κ3) is 2.67. The molecule has 5 nitrogen and oxygen atoms in total. The van der Waals surface area contributed by atoms with Crippen LogP contribution in [0.4, 0.5) is 5.82 Å². The smallest absolute Gasteiger partial charge is 0.343 e. The first-order chi connectivity index (χ1) is 9.04. The zero-order valence-corrected chi connectivity index (χ0v) is 11.6. The van der Waals surface area contributed by atoms with Gasteiger partial charge in [0.05, 0.1) is 23.5 Å². The van der Waals surface area contributed by atoms with Gasteiger partial charge in [0.2, 0.25) is 0 Å². The molecule has 2 rings (SSSR count). The van der Waals surface area contributed by atoms with Crippen LogP contribution < -0.4 is 5.73 Å². The summed E-state index contributed by atoms with van der Waals surface area (Å²) in [5.41, 5.74) is 6.62. The Morgan fingerprint density at radius 2 is 2.21 bits per heavy atom. The number of carbonyl (C=O) groups is 1. The molecule has 1 heterocycles. The summed E-state index contributed by atoms with van der Waals surface area (Å²) in [6.45, 7) is 1.99. The molecule has 100 valence electrons. The van der Waals surface area contributed by atoms with Crippen LogP contribution in [0.3, 0.4) is 0 Å². The number of aromatic nitrogens is 2. The molecular weight excluding hydrogens is 289 g/mol. The number of halogens is 2. The van der Waals surface area contributed by atoms with Crippen molar-refractivity contribution in [1.82, 2.24) is 9.78 Å². The average Bonchev–Trinajstić information content (AvgIpc) is 2.72. The van der Waals surface area contributed by atoms with E-state index in [1.165, 1.54) is 10.9 Å². The Kier molecular flexibility index (Phi) is 3.97. The minimum atomic E-state index is -0.517. The molecule has 0 aliphatic rings. The van der Waals surface area contributed by atoms with Crippen LogP contribution in [0.5, 0.6) is 0 Å². The summed E-state index contributed by atoms with van der Waals surface area (Å²) in [5, 5.41) is 4.93. The molecule has 0 unspecified atom stereocenters. The predicted octanol–water partition coefficient (Wildman–Crippen LogP) is 2.94. The van der Waals surface area contributed by atoms with Crippen molar-refractivity contribution >= 4 is 35.0 Å². The van der Waals surface area contributed by atoms with Crippen LogP contribution in [0.25, 0.3) is 5.69 Å². The third-order valence-electron chi connectivity index (χ3n) is 2.44. The highest BCUT2D eigenvalue weighted by atomic mass is 35.5. The molecule has 1 aromatic carbocycles. The molecule has 0 aliphatic heterocycles. The van der Waals surface area contributed by atoms with Crippen molar-refractivity contribution in [3.05, 3.63) is 40.0 Å². The van der Waals surface area contributed by atoms with Gasteiger partial charge in [-0.05, 0) is 25.1 Å². The number of esters is 1. The molecule has 0 saturated carbocycles. The molecule has 2 aromatic rings. The van der Waals surface area contributed by atoms with Gasteiger partial charge in [0.1, 0.15) is 11.4 Å². The summed E-state index contributed by atoms with van der Waals surface area (Å²) in [6.07, 6.45) is 1.35. The van der Waals surface area contributed by atoms with E-state index in [2.05, 4.69) is 5.10 Å². The van der Waals surface area contributed by atoms with E-state index in [0.717, 1.165) is 0 Å². The summed E-state index contributed by atoms with van der Waals surface area (Å²) in [4.78, 5) is 11.6. The molecule has 0 atom stereocenters. The highest BCUT2D eigenvalue weighted by Crippen LogP contribution is 2.27. The predicted molar refractivity (Wildman–Crippen MR) is 74.0 cm³/mol. The molecule has 0 saturated heterocycles. The van der Waals surface area contributed by atoms with E-state index < -0.39 is 5.97 Å². The Morgan fingerprint density at radius 1 is 1.47 bits per heavy atom. The van der Waals surface area contributed by atoms with Gasteiger partial charge < -0.3 is 10.5 Å². The Balaban J connectivity index is 2.44. The summed E-state index contributed by atoms with van der Waals surface area (Å²) in [7, 11) is 0. The molecule has 0 radical (unpaired) electrons. The van der Waals surface area contributed by atoms with Gasteiger partial charge in [0.25, 0.3) is 0 Å². The Hall–Kier alpha value is -1.72. The summed E-state index contributed by atoms with van der Waals surface area (Å²) in [5.74, 6) is -0.348. The number of hydrogen-bond donors (Lipinski definition) is 1. The number of benzene rings is 1. The molecule has 7 heteroatoms. The van der Waals surface area contributed by atoms with Crippen LogP contribution in [0, 0.1) is 0 Å². The van der Waals surface area contributed by atoms with Gasteiger partial charge in [0.15, 0.2) is 0 Å². The van der Waals surface area contributed by atoms with Crippen molar-refractivity contribution in [2.45, 2.75) is 6.92 Å². The minimum absolute atomic E-state index is 0.169. The fraction of sp³-hybridized carbons (Fsp3) is 0.167. The summed E-state index contributed by atoms with van der Waals surface area (Å²) in [6, 6.07) is 4.90. The molecule has 0 bridgehead atoms. The second kappa shape index (κ2) is 5.50. The van der Waals surface area contributed by atoms with Crippen molar-refractivity contribution in [2.75, 3.05) is 12.3 Å². The van der Waals surface area contributed by atoms with E-state index in [4.69, 9.17) is 33.7 Å². The third-order valence-corrected chi connectivity index (χ3v) is 2.98. The first-order valence-corrected chi connectivity index (χ1v) is 6.26. The van der Waals surface area contributed by atoms with Crippen molar-refractivity contribution < 1.29 is 9.53 Å². The molecule has 2 N–H and O–H groups in total. The summed E-state index contributed by atoms with van der Waals surface area (Å²) >= 11 is 11.9. The number of rotatable bonds is 3. The maximum Gasteiger partial charge on any atom is 0.343 e. The zero-order valence-electron chi connectivity index (χ0n) is 10.1. The molecular formula is C12H11Cl2N3O2. The molecule has 1 aromatic heterocycles. The fourth-order valence-electron chi connectivity index (χ4n) is 1.57. The van der Waals surface area contributed by atoms with E-state index in [-0.39, 0.29) is 18.0 Å². The normalized spacial score (nSPS) is 10.5. The van der Waals surface area contributed by atoms with Crippen LogP contribution in [0.2, 0.25) is 10.0 Å². The SMILES string of the molecule is CCOC(=O)c1cnn(-c2ccc(Cl)cc2Cl)c1N. The number of nitrogen functional groups attached to an aromatic ring is 1. The second-order valence-electron chi connectivity index (χ2n) is 3.67. The number of nitrogens with two attached hydrogens (primary N) is 1. The van der Waals surface area contributed by atoms with Gasteiger partial charge in [-0.25, -0.2) is 9.48 Å². The van der Waals surface area contributed by atoms with Gasteiger partial charge in [0, 0.05) is 5.02 Å². The maximum atomic E-state index is 11.6. The standard InChI is InChI=1S/C12H11Cl2N3O2/c1-2-19-12(18)8-6-16-17(11(8)15)10-4-3-7(13)5-9(10)14/h3-6H,2,15H2,1H3. The average molecular weight is 300 g/mol. The van der Waals surface area contributed by atoms with Crippen molar-refractivity contribution in [3.8, 4) is 5.69 Å².